The van der Waals surface area contributed by atoms with Crippen molar-refractivity contribution in [2.45, 2.75) is 39.8 Å². The molecule has 0 saturated heterocycles. The van der Waals surface area contributed by atoms with Crippen LogP contribution in [0.1, 0.15) is 43.7 Å². The van der Waals surface area contributed by atoms with Crippen LogP contribution in [0, 0.1) is 5.21 Å². The third kappa shape index (κ3) is 5.70. The van der Waals surface area contributed by atoms with Crippen LogP contribution in [0.3, 0.4) is 0 Å². The van der Waals surface area contributed by atoms with Crippen LogP contribution in [-0.2, 0) is 11.3 Å². The molecule has 0 saturated carbocycles. The number of rotatable bonds is 5. The minimum Gasteiger partial charge on any atom is -0.618 e. The minimum atomic E-state index is -0.590. The van der Waals surface area contributed by atoms with Gasteiger partial charge in [0.2, 0.25) is 0 Å². The highest BCUT2D eigenvalue weighted by Gasteiger charge is 2.23. The molecule has 0 bridgehead atoms. The Bertz CT molecular complexity index is 815. The van der Waals surface area contributed by atoms with Gasteiger partial charge in [-0.15, -0.1) is 0 Å². The molecule has 0 spiro atoms. The number of nitrogens with one attached hydrogen (secondary N) is 1. The lowest BCUT2D eigenvalue weighted by atomic mass is 10.1. The summed E-state index contributed by atoms with van der Waals surface area (Å²) in [6, 6.07) is 11.8. The molecule has 0 radical (unpaired) electrons. The Kier molecular flexibility index (Phi) is 6.39. The maximum absolute atomic E-state index is 12.4. The Balaban J connectivity index is 2.18. The van der Waals surface area contributed by atoms with E-state index in [0.29, 0.717) is 17.0 Å². The van der Waals surface area contributed by atoms with Crippen molar-refractivity contribution < 1.29 is 19.1 Å². The van der Waals surface area contributed by atoms with Crippen LogP contribution < -0.4 is 10.0 Å². The Morgan fingerprint density at radius 3 is 2.44 bits per heavy atom. The fraction of sp³-hybridized carbons (Fsp3) is 0.350. The Morgan fingerprint density at radius 2 is 1.81 bits per heavy atom. The molecule has 1 heterocycles. The highest BCUT2D eigenvalue weighted by Crippen LogP contribution is 2.19. The van der Waals surface area contributed by atoms with Crippen molar-refractivity contribution in [2.75, 3.05) is 11.9 Å². The highest BCUT2D eigenvalue weighted by molar-refractivity contribution is 6.02. The molecule has 2 amide bonds. The average molecular weight is 371 g/mol. The van der Waals surface area contributed by atoms with E-state index in [2.05, 4.69) is 5.32 Å². The Morgan fingerprint density at radius 1 is 1.15 bits per heavy atom. The maximum atomic E-state index is 12.4. The smallest absolute Gasteiger partial charge is 0.410 e. The van der Waals surface area contributed by atoms with Crippen molar-refractivity contribution in [2.24, 2.45) is 0 Å². The van der Waals surface area contributed by atoms with Gasteiger partial charge in [-0.2, -0.15) is 4.73 Å². The van der Waals surface area contributed by atoms with Gasteiger partial charge in [0, 0.05) is 24.4 Å². The zero-order chi connectivity index (χ0) is 20.0. The van der Waals surface area contributed by atoms with E-state index >= 15 is 0 Å². The van der Waals surface area contributed by atoms with E-state index in [1.54, 1.807) is 29.2 Å². The quantitative estimate of drug-likeness (QED) is 0.645. The molecule has 0 atom stereocenters. The van der Waals surface area contributed by atoms with Gasteiger partial charge >= 0.3 is 12.0 Å². The van der Waals surface area contributed by atoms with Crippen LogP contribution in [0.2, 0.25) is 0 Å². The second-order valence-corrected chi connectivity index (χ2v) is 7.02. The largest absolute Gasteiger partial charge is 0.618 e. The van der Waals surface area contributed by atoms with E-state index in [4.69, 9.17) is 4.74 Å². The highest BCUT2D eigenvalue weighted by atomic mass is 16.6. The molecule has 27 heavy (non-hydrogen) atoms. The third-order valence-electron chi connectivity index (χ3n) is 3.72. The zero-order valence-corrected chi connectivity index (χ0v) is 16.1. The summed E-state index contributed by atoms with van der Waals surface area (Å²) in [7, 11) is 0. The number of aromatic nitrogens is 1. The molecular weight excluding hydrogens is 346 g/mol. The van der Waals surface area contributed by atoms with Crippen molar-refractivity contribution in [1.82, 2.24) is 4.90 Å². The van der Waals surface area contributed by atoms with Crippen molar-refractivity contribution >= 4 is 17.7 Å². The van der Waals surface area contributed by atoms with Gasteiger partial charge in [0.05, 0.1) is 6.54 Å². The molecule has 1 aromatic heterocycles. The predicted molar refractivity (Wildman–Crippen MR) is 102 cm³/mol. The summed E-state index contributed by atoms with van der Waals surface area (Å²) in [4.78, 5) is 26.3. The molecule has 7 heteroatoms. The molecule has 0 aliphatic carbocycles. The molecule has 7 nitrogen and oxygen atoms in total. The molecule has 0 aliphatic heterocycles. The summed E-state index contributed by atoms with van der Waals surface area (Å²) in [6.45, 7) is 8.01. The first-order valence-corrected chi connectivity index (χ1v) is 8.76. The van der Waals surface area contributed by atoms with Gasteiger partial charge in [0.1, 0.15) is 5.60 Å². The summed E-state index contributed by atoms with van der Waals surface area (Å²) in [5, 5.41) is 14.5. The number of ether oxygens (including phenoxy) is 1. The Labute approximate surface area is 159 Å². The number of carbonyl (C=O) groups excluding carboxylic acids is 2. The third-order valence-corrected chi connectivity index (χ3v) is 3.72. The predicted octanol–water partition coefficient (Wildman–Crippen LogP) is 3.33. The summed E-state index contributed by atoms with van der Waals surface area (Å²) in [5.41, 5.74) is 0.680. The molecule has 0 fully saturated rings. The van der Waals surface area contributed by atoms with Gasteiger partial charge < -0.3 is 20.2 Å². The van der Waals surface area contributed by atoms with Crippen LogP contribution in [0.5, 0.6) is 0 Å². The molecule has 2 rings (SSSR count). The lowest BCUT2D eigenvalue weighted by Gasteiger charge is -2.27. The number of anilines is 1. The molecule has 1 N–H and O–H groups in total. The van der Waals surface area contributed by atoms with Gasteiger partial charge in [0.25, 0.3) is 5.69 Å². The number of benzene rings is 1. The fourth-order valence-electron chi connectivity index (χ4n) is 2.41. The normalized spacial score (nSPS) is 11.0. The monoisotopic (exact) mass is 371 g/mol. The number of nitrogens with zero attached hydrogens (tertiary/aromatic N) is 2. The van der Waals surface area contributed by atoms with Crippen LogP contribution in [0.15, 0.2) is 48.7 Å². The van der Waals surface area contributed by atoms with Crippen LogP contribution in [0.25, 0.3) is 0 Å². The number of hydrogen-bond acceptors (Lipinski definition) is 4. The van der Waals surface area contributed by atoms with Crippen LogP contribution >= 0.6 is 0 Å². The number of pyridine rings is 1. The SMILES string of the molecule is CCN(Cc1ccccc1NC(=O)c1cccc[n+]1[O-])C(=O)OC(C)(C)C. The van der Waals surface area contributed by atoms with E-state index < -0.39 is 17.6 Å². The fourth-order valence-corrected chi connectivity index (χ4v) is 2.41. The summed E-state index contributed by atoms with van der Waals surface area (Å²) in [5.74, 6) is -0.515. The molecule has 2 aromatic rings. The standard InChI is InChI=1S/C20H25N3O4/c1-5-22(19(25)27-20(2,3)4)14-15-10-6-7-11-16(15)21-18(24)17-12-8-9-13-23(17)26/h6-13H,5,14H2,1-4H3,(H,21,24). The summed E-state index contributed by atoms with van der Waals surface area (Å²) < 4.78 is 5.93. The maximum Gasteiger partial charge on any atom is 0.410 e. The minimum absolute atomic E-state index is 0.00760. The van der Waals surface area contributed by atoms with E-state index in [0.717, 1.165) is 5.56 Å². The van der Waals surface area contributed by atoms with Gasteiger partial charge in [-0.3, -0.25) is 4.79 Å². The van der Waals surface area contributed by atoms with E-state index in [1.165, 1.54) is 12.3 Å². The topological polar surface area (TPSA) is 85.6 Å². The van der Waals surface area contributed by atoms with Crippen molar-refractivity contribution in [3.8, 4) is 0 Å². The zero-order valence-electron chi connectivity index (χ0n) is 16.1. The number of hydrogen-bond donors (Lipinski definition) is 1. The summed E-state index contributed by atoms with van der Waals surface area (Å²) in [6.07, 6.45) is 0.842. The first kappa shape index (κ1) is 20.2. The molecule has 0 unspecified atom stereocenters. The second-order valence-electron chi connectivity index (χ2n) is 7.02. The number of amides is 2. The molecule has 144 valence electrons. The summed E-state index contributed by atoms with van der Waals surface area (Å²) >= 11 is 0. The number of para-hydroxylation sites is 1. The average Bonchev–Trinajstić information content (AvgIpc) is 2.59. The molecule has 1 aromatic carbocycles. The first-order chi connectivity index (χ1) is 12.7. The van der Waals surface area contributed by atoms with Crippen LogP contribution in [0.4, 0.5) is 10.5 Å². The van der Waals surface area contributed by atoms with Gasteiger partial charge in [0.15, 0.2) is 6.20 Å². The van der Waals surface area contributed by atoms with Gasteiger partial charge in [-0.05, 0) is 45.4 Å². The van der Waals surface area contributed by atoms with Crippen molar-refractivity contribution in [3.05, 3.63) is 65.1 Å². The molecular formula is C20H25N3O4. The Hall–Kier alpha value is -3.09. The van der Waals surface area contributed by atoms with E-state index in [9.17, 15) is 14.8 Å². The lowest BCUT2D eigenvalue weighted by Crippen LogP contribution is -2.37. The lowest BCUT2D eigenvalue weighted by molar-refractivity contribution is -0.607. The van der Waals surface area contributed by atoms with Crippen molar-refractivity contribution in [1.29, 1.82) is 0 Å². The molecule has 0 aliphatic rings. The van der Waals surface area contributed by atoms with E-state index in [-0.39, 0.29) is 12.2 Å². The first-order valence-electron chi connectivity index (χ1n) is 8.76. The van der Waals surface area contributed by atoms with Gasteiger partial charge in [-0.1, -0.05) is 18.2 Å². The van der Waals surface area contributed by atoms with Crippen molar-refractivity contribution in [3.63, 3.8) is 0 Å². The van der Waals surface area contributed by atoms with E-state index in [1.807, 2.05) is 39.8 Å². The van der Waals surface area contributed by atoms with Crippen LogP contribution in [-0.4, -0.2) is 29.0 Å². The van der Waals surface area contributed by atoms with Gasteiger partial charge in [-0.25, -0.2) is 4.79 Å². The second kappa shape index (κ2) is 8.53. The number of carbonyl (C=O) groups is 2.